The SMILES string of the molecule is COc1ccc(C2(N=[N+]=[N-])c3cc(Br)ccc3-c3ccc(Br)cc32)cc1. The van der Waals surface area contributed by atoms with Gasteiger partial charge < -0.3 is 4.74 Å². The molecule has 4 rings (SSSR count). The quantitative estimate of drug-likeness (QED) is 0.236. The first-order chi connectivity index (χ1) is 12.6. The summed E-state index contributed by atoms with van der Waals surface area (Å²) in [5, 5.41) is 4.34. The van der Waals surface area contributed by atoms with Crippen LogP contribution in [0.15, 0.2) is 74.7 Å². The van der Waals surface area contributed by atoms with Crippen LogP contribution in [-0.4, -0.2) is 7.11 Å². The lowest BCUT2D eigenvalue weighted by Crippen LogP contribution is -2.23. The second-order valence-corrected chi connectivity index (χ2v) is 7.84. The van der Waals surface area contributed by atoms with Crippen molar-refractivity contribution < 1.29 is 4.74 Å². The van der Waals surface area contributed by atoms with Crippen LogP contribution < -0.4 is 4.74 Å². The molecule has 0 unspecified atom stereocenters. The fourth-order valence-electron chi connectivity index (χ4n) is 3.62. The van der Waals surface area contributed by atoms with E-state index < -0.39 is 5.54 Å². The molecule has 0 aromatic heterocycles. The molecule has 0 amide bonds. The van der Waals surface area contributed by atoms with E-state index in [1.165, 1.54) is 0 Å². The van der Waals surface area contributed by atoms with Crippen LogP contribution >= 0.6 is 31.9 Å². The van der Waals surface area contributed by atoms with Gasteiger partial charge >= 0.3 is 0 Å². The number of rotatable bonds is 3. The van der Waals surface area contributed by atoms with Gasteiger partial charge in [0.1, 0.15) is 11.3 Å². The molecule has 1 aliphatic carbocycles. The van der Waals surface area contributed by atoms with Gasteiger partial charge in [0.25, 0.3) is 0 Å². The lowest BCUT2D eigenvalue weighted by atomic mass is 9.81. The Morgan fingerprint density at radius 3 is 1.88 bits per heavy atom. The van der Waals surface area contributed by atoms with Crippen molar-refractivity contribution in [3.05, 3.63) is 96.7 Å². The van der Waals surface area contributed by atoms with Crippen LogP contribution in [0.25, 0.3) is 21.6 Å². The molecule has 0 atom stereocenters. The molecule has 0 bridgehead atoms. The first-order valence-electron chi connectivity index (χ1n) is 7.91. The highest BCUT2D eigenvalue weighted by atomic mass is 79.9. The Bertz CT molecular complexity index is 1010. The van der Waals surface area contributed by atoms with E-state index in [4.69, 9.17) is 4.74 Å². The average Bonchev–Trinajstić information content (AvgIpc) is 2.92. The monoisotopic (exact) mass is 469 g/mol. The number of hydrogen-bond acceptors (Lipinski definition) is 2. The molecule has 3 aromatic rings. The number of nitrogens with zero attached hydrogens (tertiary/aromatic N) is 3. The summed E-state index contributed by atoms with van der Waals surface area (Å²) in [6.45, 7) is 0. The van der Waals surface area contributed by atoms with Crippen molar-refractivity contribution in [1.29, 1.82) is 0 Å². The predicted octanol–water partition coefficient (Wildman–Crippen LogP) is 6.80. The molecule has 0 heterocycles. The summed E-state index contributed by atoms with van der Waals surface area (Å²) in [4.78, 5) is 3.23. The minimum atomic E-state index is -0.931. The second-order valence-electron chi connectivity index (χ2n) is 6.01. The maximum atomic E-state index is 9.45. The van der Waals surface area contributed by atoms with E-state index in [2.05, 4.69) is 54.0 Å². The summed E-state index contributed by atoms with van der Waals surface area (Å²) in [7, 11) is 1.63. The maximum absolute atomic E-state index is 9.45. The highest BCUT2D eigenvalue weighted by molar-refractivity contribution is 9.10. The van der Waals surface area contributed by atoms with Crippen molar-refractivity contribution in [2.24, 2.45) is 5.11 Å². The van der Waals surface area contributed by atoms with Crippen LogP contribution in [0.1, 0.15) is 16.7 Å². The Labute approximate surface area is 167 Å². The van der Waals surface area contributed by atoms with Crippen LogP contribution in [0.3, 0.4) is 0 Å². The van der Waals surface area contributed by atoms with Gasteiger partial charge in [-0.25, -0.2) is 0 Å². The van der Waals surface area contributed by atoms with Gasteiger partial charge in [-0.2, -0.15) is 0 Å². The van der Waals surface area contributed by atoms with E-state index >= 15 is 0 Å². The minimum Gasteiger partial charge on any atom is -0.497 e. The van der Waals surface area contributed by atoms with Crippen LogP contribution in [0.2, 0.25) is 0 Å². The number of halogens is 2. The zero-order valence-electron chi connectivity index (χ0n) is 13.8. The van der Waals surface area contributed by atoms with E-state index in [0.717, 1.165) is 42.5 Å². The average molecular weight is 471 g/mol. The number of hydrogen-bond donors (Lipinski definition) is 0. The van der Waals surface area contributed by atoms with Crippen molar-refractivity contribution >= 4 is 31.9 Å². The van der Waals surface area contributed by atoms with Crippen molar-refractivity contribution in [3.8, 4) is 16.9 Å². The summed E-state index contributed by atoms with van der Waals surface area (Å²) >= 11 is 7.12. The van der Waals surface area contributed by atoms with Gasteiger partial charge in [-0.05, 0) is 69.7 Å². The summed E-state index contributed by atoms with van der Waals surface area (Å²) in [5.74, 6) is 0.756. The van der Waals surface area contributed by atoms with Gasteiger partial charge in [-0.1, -0.05) is 61.2 Å². The topological polar surface area (TPSA) is 58.0 Å². The molecule has 0 N–H and O–H groups in total. The van der Waals surface area contributed by atoms with E-state index in [9.17, 15) is 5.53 Å². The number of ether oxygens (including phenoxy) is 1. The van der Waals surface area contributed by atoms with Crippen LogP contribution in [0, 0.1) is 0 Å². The van der Waals surface area contributed by atoms with Gasteiger partial charge in [0.05, 0.1) is 7.11 Å². The number of benzene rings is 3. The molecule has 0 aliphatic heterocycles. The maximum Gasteiger partial charge on any atom is 0.125 e. The van der Waals surface area contributed by atoms with Gasteiger partial charge in [-0.15, -0.1) is 0 Å². The van der Waals surface area contributed by atoms with E-state index in [1.807, 2.05) is 48.5 Å². The van der Waals surface area contributed by atoms with Crippen molar-refractivity contribution in [2.75, 3.05) is 7.11 Å². The molecule has 0 saturated carbocycles. The molecule has 1 aliphatic rings. The highest BCUT2D eigenvalue weighted by Crippen LogP contribution is 2.54. The largest absolute Gasteiger partial charge is 0.497 e. The number of azide groups is 1. The molecular formula is C20H13Br2N3O. The molecule has 26 heavy (non-hydrogen) atoms. The second kappa shape index (κ2) is 6.47. The Morgan fingerprint density at radius 2 is 1.42 bits per heavy atom. The zero-order valence-corrected chi connectivity index (χ0v) is 17.0. The summed E-state index contributed by atoms with van der Waals surface area (Å²) in [6, 6.07) is 19.9. The van der Waals surface area contributed by atoms with Crippen molar-refractivity contribution in [2.45, 2.75) is 5.54 Å². The molecular weight excluding hydrogens is 458 g/mol. The van der Waals surface area contributed by atoms with E-state index in [-0.39, 0.29) is 0 Å². The van der Waals surface area contributed by atoms with Crippen LogP contribution in [0.4, 0.5) is 0 Å². The summed E-state index contributed by atoms with van der Waals surface area (Å²) in [5.41, 5.74) is 13.5. The minimum absolute atomic E-state index is 0.756. The summed E-state index contributed by atoms with van der Waals surface area (Å²) < 4.78 is 7.16. The predicted molar refractivity (Wildman–Crippen MR) is 109 cm³/mol. The molecule has 4 nitrogen and oxygen atoms in total. The molecule has 6 heteroatoms. The smallest absolute Gasteiger partial charge is 0.125 e. The Balaban J connectivity index is 2.12. The Kier molecular flexibility index (Phi) is 4.27. The Morgan fingerprint density at radius 1 is 0.885 bits per heavy atom. The highest BCUT2D eigenvalue weighted by Gasteiger charge is 2.44. The molecule has 0 fully saturated rings. The van der Waals surface area contributed by atoms with E-state index in [1.54, 1.807) is 7.11 Å². The standard InChI is InChI=1S/C20H13Br2N3O/c1-26-15-6-2-12(3-7-15)20(24-25-23)18-10-13(21)4-8-16(18)17-9-5-14(22)11-19(17)20/h2-11H,1H3. The first kappa shape index (κ1) is 17.2. The van der Waals surface area contributed by atoms with Crippen molar-refractivity contribution in [3.63, 3.8) is 0 Å². The first-order valence-corrected chi connectivity index (χ1v) is 9.50. The van der Waals surface area contributed by atoms with Crippen LogP contribution in [0.5, 0.6) is 5.75 Å². The number of fused-ring (bicyclic) bond motifs is 3. The third-order valence-corrected chi connectivity index (χ3v) is 5.72. The Hall–Kier alpha value is -2.27. The van der Waals surface area contributed by atoms with Gasteiger partial charge in [0.15, 0.2) is 0 Å². The summed E-state index contributed by atoms with van der Waals surface area (Å²) in [6.07, 6.45) is 0. The molecule has 128 valence electrons. The third-order valence-electron chi connectivity index (χ3n) is 4.74. The normalized spacial score (nSPS) is 13.5. The van der Waals surface area contributed by atoms with Crippen molar-refractivity contribution in [1.82, 2.24) is 0 Å². The zero-order chi connectivity index (χ0) is 18.3. The van der Waals surface area contributed by atoms with Crippen LogP contribution in [-0.2, 0) is 5.54 Å². The number of methoxy groups -OCH3 is 1. The lowest BCUT2D eigenvalue weighted by molar-refractivity contribution is 0.414. The molecule has 0 spiro atoms. The van der Waals surface area contributed by atoms with E-state index in [0.29, 0.717) is 0 Å². The van der Waals surface area contributed by atoms with Gasteiger partial charge in [-0.3, -0.25) is 0 Å². The fourth-order valence-corrected chi connectivity index (χ4v) is 4.34. The molecule has 3 aromatic carbocycles. The van der Waals surface area contributed by atoms with Gasteiger partial charge in [0, 0.05) is 13.9 Å². The fraction of sp³-hybridized carbons (Fsp3) is 0.100. The molecule has 0 saturated heterocycles. The molecule has 0 radical (unpaired) electrons. The third kappa shape index (κ3) is 2.45. The van der Waals surface area contributed by atoms with Gasteiger partial charge in [0.2, 0.25) is 0 Å². The lowest BCUT2D eigenvalue weighted by Gasteiger charge is -2.27.